The molecule has 4 nitrogen and oxygen atoms in total. The van der Waals surface area contributed by atoms with Crippen molar-refractivity contribution in [3.63, 3.8) is 0 Å². The van der Waals surface area contributed by atoms with Gasteiger partial charge in [0.25, 0.3) is 0 Å². The molecule has 1 saturated heterocycles. The summed E-state index contributed by atoms with van der Waals surface area (Å²) in [5.74, 6) is 0.244. The fourth-order valence-corrected chi connectivity index (χ4v) is 3.72. The molecule has 4 heteroatoms. The predicted octanol–water partition coefficient (Wildman–Crippen LogP) is 2.26. The molecule has 108 valence electrons. The Bertz CT molecular complexity index is 490. The SMILES string of the molecule is CC1(C(=O)N2CCCC2c2cccnc2)CCCC1N. The smallest absolute Gasteiger partial charge is 0.230 e. The van der Waals surface area contributed by atoms with Gasteiger partial charge in [-0.2, -0.15) is 0 Å². The molecule has 0 bridgehead atoms. The van der Waals surface area contributed by atoms with Gasteiger partial charge in [0.05, 0.1) is 11.5 Å². The van der Waals surface area contributed by atoms with Crippen LogP contribution in [0.5, 0.6) is 0 Å². The molecule has 1 aliphatic heterocycles. The average Bonchev–Trinajstić information content (AvgIpc) is 3.08. The van der Waals surface area contributed by atoms with E-state index in [1.807, 2.05) is 24.1 Å². The standard InChI is InChI=1S/C16H23N3O/c1-16(8-2-7-14(16)17)15(20)19-10-4-6-13(19)12-5-3-9-18-11-12/h3,5,9,11,13-14H,2,4,6-8,10,17H2,1H3. The Kier molecular flexibility index (Phi) is 3.50. The minimum Gasteiger partial charge on any atom is -0.335 e. The molecule has 2 N–H and O–H groups in total. The normalized spacial score (nSPS) is 33.6. The molecule has 3 rings (SSSR count). The molecule has 0 radical (unpaired) electrons. The van der Waals surface area contributed by atoms with Gasteiger partial charge in [0.2, 0.25) is 5.91 Å². The van der Waals surface area contributed by atoms with E-state index >= 15 is 0 Å². The van der Waals surface area contributed by atoms with E-state index in [0.717, 1.165) is 44.2 Å². The lowest BCUT2D eigenvalue weighted by molar-refractivity contribution is -0.142. The topological polar surface area (TPSA) is 59.2 Å². The van der Waals surface area contributed by atoms with Crippen LogP contribution < -0.4 is 5.73 Å². The minimum absolute atomic E-state index is 0.00477. The summed E-state index contributed by atoms with van der Waals surface area (Å²) in [6, 6.07) is 4.20. The summed E-state index contributed by atoms with van der Waals surface area (Å²) >= 11 is 0. The zero-order valence-corrected chi connectivity index (χ0v) is 12.1. The zero-order valence-electron chi connectivity index (χ0n) is 12.1. The number of aromatic nitrogens is 1. The maximum Gasteiger partial charge on any atom is 0.230 e. The van der Waals surface area contributed by atoms with E-state index in [2.05, 4.69) is 11.1 Å². The quantitative estimate of drug-likeness (QED) is 0.899. The van der Waals surface area contributed by atoms with Crippen LogP contribution in [0.15, 0.2) is 24.5 Å². The fourth-order valence-electron chi connectivity index (χ4n) is 3.72. The number of hydrogen-bond acceptors (Lipinski definition) is 3. The summed E-state index contributed by atoms with van der Waals surface area (Å²) < 4.78 is 0. The Morgan fingerprint density at radius 3 is 2.95 bits per heavy atom. The van der Waals surface area contributed by atoms with E-state index in [4.69, 9.17) is 5.73 Å². The zero-order chi connectivity index (χ0) is 14.2. The molecule has 1 amide bonds. The van der Waals surface area contributed by atoms with Crippen molar-refractivity contribution in [2.24, 2.45) is 11.1 Å². The second-order valence-electron chi connectivity index (χ2n) is 6.36. The van der Waals surface area contributed by atoms with E-state index in [9.17, 15) is 4.79 Å². The van der Waals surface area contributed by atoms with Crippen molar-refractivity contribution in [1.82, 2.24) is 9.88 Å². The van der Waals surface area contributed by atoms with Crippen molar-refractivity contribution in [2.75, 3.05) is 6.54 Å². The van der Waals surface area contributed by atoms with Crippen LogP contribution in [0.1, 0.15) is 50.6 Å². The van der Waals surface area contributed by atoms with Crippen molar-refractivity contribution >= 4 is 5.91 Å². The number of pyridine rings is 1. The van der Waals surface area contributed by atoms with Crippen LogP contribution in [-0.2, 0) is 4.79 Å². The first-order valence-corrected chi connectivity index (χ1v) is 7.59. The monoisotopic (exact) mass is 273 g/mol. The summed E-state index contributed by atoms with van der Waals surface area (Å²) in [7, 11) is 0. The van der Waals surface area contributed by atoms with Crippen LogP contribution in [0.2, 0.25) is 0 Å². The number of nitrogens with two attached hydrogens (primary N) is 1. The second kappa shape index (κ2) is 5.17. The highest BCUT2D eigenvalue weighted by Gasteiger charge is 2.47. The second-order valence-corrected chi connectivity index (χ2v) is 6.36. The lowest BCUT2D eigenvalue weighted by Crippen LogP contribution is -2.49. The molecule has 3 unspecified atom stereocenters. The molecule has 2 heterocycles. The molecule has 1 aromatic rings. The highest BCUT2D eigenvalue weighted by Crippen LogP contribution is 2.42. The molecule has 20 heavy (non-hydrogen) atoms. The minimum atomic E-state index is -0.370. The first kappa shape index (κ1) is 13.6. The number of nitrogens with zero attached hydrogens (tertiary/aromatic N) is 2. The number of rotatable bonds is 2. The average molecular weight is 273 g/mol. The van der Waals surface area contributed by atoms with Gasteiger partial charge in [-0.25, -0.2) is 0 Å². The number of carbonyl (C=O) groups excluding carboxylic acids is 1. The van der Waals surface area contributed by atoms with Crippen molar-refractivity contribution in [3.05, 3.63) is 30.1 Å². The molecule has 2 aliphatic rings. The van der Waals surface area contributed by atoms with Gasteiger partial charge in [-0.05, 0) is 44.2 Å². The van der Waals surface area contributed by atoms with Crippen molar-refractivity contribution in [3.8, 4) is 0 Å². The third-order valence-electron chi connectivity index (χ3n) is 5.10. The third kappa shape index (κ3) is 2.12. The summed E-state index contributed by atoms with van der Waals surface area (Å²) in [4.78, 5) is 19.2. The van der Waals surface area contributed by atoms with Crippen LogP contribution in [0.4, 0.5) is 0 Å². The molecular weight excluding hydrogens is 250 g/mol. The summed E-state index contributed by atoms with van der Waals surface area (Å²) in [5.41, 5.74) is 6.98. The predicted molar refractivity (Wildman–Crippen MR) is 77.9 cm³/mol. The van der Waals surface area contributed by atoms with Crippen LogP contribution in [0.25, 0.3) is 0 Å². The highest BCUT2D eigenvalue weighted by atomic mass is 16.2. The first-order valence-electron chi connectivity index (χ1n) is 7.59. The number of likely N-dealkylation sites (tertiary alicyclic amines) is 1. The Balaban J connectivity index is 1.84. The summed E-state index contributed by atoms with van der Waals surface area (Å²) in [6.45, 7) is 2.90. The first-order chi connectivity index (χ1) is 9.63. The van der Waals surface area contributed by atoms with E-state index in [-0.39, 0.29) is 23.4 Å². The Labute approximate surface area is 120 Å². The van der Waals surface area contributed by atoms with Crippen LogP contribution in [0, 0.1) is 5.41 Å². The molecule has 1 saturated carbocycles. The van der Waals surface area contributed by atoms with Crippen molar-refractivity contribution in [2.45, 2.75) is 51.1 Å². The molecule has 2 fully saturated rings. The molecule has 1 aromatic heterocycles. The largest absolute Gasteiger partial charge is 0.335 e. The molecular formula is C16H23N3O. The van der Waals surface area contributed by atoms with Crippen LogP contribution >= 0.6 is 0 Å². The van der Waals surface area contributed by atoms with Crippen molar-refractivity contribution < 1.29 is 4.79 Å². The molecule has 0 spiro atoms. The molecule has 3 atom stereocenters. The lowest BCUT2D eigenvalue weighted by Gasteiger charge is -2.35. The van der Waals surface area contributed by atoms with Gasteiger partial charge in [-0.3, -0.25) is 9.78 Å². The van der Waals surface area contributed by atoms with Gasteiger partial charge >= 0.3 is 0 Å². The highest BCUT2D eigenvalue weighted by molar-refractivity contribution is 5.84. The van der Waals surface area contributed by atoms with E-state index in [1.54, 1.807) is 6.20 Å². The van der Waals surface area contributed by atoms with Crippen LogP contribution in [0.3, 0.4) is 0 Å². The number of carbonyl (C=O) groups is 1. The number of hydrogen-bond donors (Lipinski definition) is 1. The summed E-state index contributed by atoms with van der Waals surface area (Å²) in [5, 5.41) is 0. The number of amides is 1. The van der Waals surface area contributed by atoms with E-state index in [0.29, 0.717) is 0 Å². The van der Waals surface area contributed by atoms with Crippen LogP contribution in [-0.4, -0.2) is 28.4 Å². The Morgan fingerprint density at radius 2 is 2.30 bits per heavy atom. The van der Waals surface area contributed by atoms with Gasteiger partial charge in [0.15, 0.2) is 0 Å². The van der Waals surface area contributed by atoms with E-state index in [1.165, 1.54) is 0 Å². The lowest BCUT2D eigenvalue weighted by atomic mass is 9.83. The third-order valence-corrected chi connectivity index (χ3v) is 5.10. The Hall–Kier alpha value is -1.42. The Morgan fingerprint density at radius 1 is 1.45 bits per heavy atom. The fraction of sp³-hybridized carbons (Fsp3) is 0.625. The molecule has 0 aromatic carbocycles. The van der Waals surface area contributed by atoms with Gasteiger partial charge in [0, 0.05) is 25.0 Å². The van der Waals surface area contributed by atoms with Gasteiger partial charge in [-0.15, -0.1) is 0 Å². The maximum atomic E-state index is 13.0. The summed E-state index contributed by atoms with van der Waals surface area (Å²) in [6.07, 6.45) is 8.71. The van der Waals surface area contributed by atoms with Gasteiger partial charge < -0.3 is 10.6 Å². The van der Waals surface area contributed by atoms with Gasteiger partial charge in [0.1, 0.15) is 0 Å². The van der Waals surface area contributed by atoms with E-state index < -0.39 is 0 Å². The maximum absolute atomic E-state index is 13.0. The van der Waals surface area contributed by atoms with Crippen molar-refractivity contribution in [1.29, 1.82) is 0 Å². The molecule has 1 aliphatic carbocycles. The van der Waals surface area contributed by atoms with Gasteiger partial charge in [-0.1, -0.05) is 12.5 Å².